The molecule has 1 amide bonds. The fraction of sp³-hybridized carbons (Fsp3) is 0.500. The molecule has 3 unspecified atom stereocenters. The highest BCUT2D eigenvalue weighted by Crippen LogP contribution is 2.34. The summed E-state index contributed by atoms with van der Waals surface area (Å²) in [7, 11) is 0. The van der Waals surface area contributed by atoms with Crippen LogP contribution in [-0.4, -0.2) is 75.9 Å². The van der Waals surface area contributed by atoms with Crippen LogP contribution in [0.3, 0.4) is 0 Å². The van der Waals surface area contributed by atoms with Gasteiger partial charge in [0.1, 0.15) is 24.0 Å². The number of carbonyl (C=O) groups excluding carboxylic acids is 1. The number of hydrogen-bond donors (Lipinski definition) is 1. The number of rotatable bonds is 6. The van der Waals surface area contributed by atoms with Crippen LogP contribution in [0, 0.1) is 5.92 Å². The Labute approximate surface area is 210 Å². The second-order valence-electron chi connectivity index (χ2n) is 9.42. The van der Waals surface area contributed by atoms with Crippen molar-refractivity contribution in [1.82, 2.24) is 24.4 Å². The molecule has 2 aliphatic heterocycles. The molecule has 2 N–H and O–H groups in total. The van der Waals surface area contributed by atoms with Crippen molar-refractivity contribution in [3.05, 3.63) is 48.2 Å². The van der Waals surface area contributed by atoms with Gasteiger partial charge >= 0.3 is 6.18 Å². The van der Waals surface area contributed by atoms with Gasteiger partial charge in [0.15, 0.2) is 0 Å². The Morgan fingerprint density at radius 1 is 1.16 bits per heavy atom. The second-order valence-corrected chi connectivity index (χ2v) is 9.42. The maximum Gasteiger partial charge on any atom is 0.417 e. The zero-order valence-electron chi connectivity index (χ0n) is 19.9. The second kappa shape index (κ2) is 10.2. The van der Waals surface area contributed by atoms with E-state index in [1.807, 2.05) is 21.7 Å². The van der Waals surface area contributed by atoms with E-state index in [1.165, 1.54) is 12.4 Å². The van der Waals surface area contributed by atoms with Gasteiger partial charge in [-0.3, -0.25) is 14.7 Å². The van der Waals surface area contributed by atoms with Crippen molar-refractivity contribution in [1.29, 1.82) is 0 Å². The number of likely N-dealkylation sites (tertiary alicyclic amines) is 1. The van der Waals surface area contributed by atoms with Gasteiger partial charge in [0.25, 0.3) is 0 Å². The Bertz CT molecular complexity index is 1250. The van der Waals surface area contributed by atoms with Crippen LogP contribution in [0.4, 0.5) is 23.4 Å². The van der Waals surface area contributed by atoms with Crippen LogP contribution in [0.1, 0.15) is 23.7 Å². The third-order valence-corrected chi connectivity index (χ3v) is 6.96. The van der Waals surface area contributed by atoms with E-state index in [4.69, 9.17) is 10.5 Å². The van der Waals surface area contributed by atoms with Gasteiger partial charge < -0.3 is 19.9 Å². The number of halogens is 4. The summed E-state index contributed by atoms with van der Waals surface area (Å²) in [6.07, 6.45) is -0.887. The Morgan fingerprint density at radius 2 is 2.00 bits per heavy atom. The molecule has 0 bridgehead atoms. The van der Waals surface area contributed by atoms with Gasteiger partial charge in [0.05, 0.1) is 42.4 Å². The number of primary amides is 1. The number of amides is 1. The fourth-order valence-electron chi connectivity index (χ4n) is 5.08. The van der Waals surface area contributed by atoms with Crippen LogP contribution >= 0.6 is 0 Å². The molecule has 2 aliphatic rings. The number of morpholine rings is 1. The third kappa shape index (κ3) is 5.37. The first-order valence-electron chi connectivity index (χ1n) is 12.0. The number of pyridine rings is 1. The summed E-state index contributed by atoms with van der Waals surface area (Å²) in [4.78, 5) is 27.9. The van der Waals surface area contributed by atoms with E-state index in [1.54, 1.807) is 4.90 Å². The van der Waals surface area contributed by atoms with Crippen molar-refractivity contribution in [3.63, 3.8) is 0 Å². The lowest BCUT2D eigenvalue weighted by molar-refractivity contribution is -0.137. The van der Waals surface area contributed by atoms with E-state index >= 15 is 0 Å². The molecule has 37 heavy (non-hydrogen) atoms. The Balaban J connectivity index is 1.37. The molecule has 5 heterocycles. The summed E-state index contributed by atoms with van der Waals surface area (Å²) >= 11 is 0. The van der Waals surface area contributed by atoms with E-state index in [9.17, 15) is 22.4 Å². The van der Waals surface area contributed by atoms with E-state index in [0.717, 1.165) is 17.6 Å². The average Bonchev–Trinajstić information content (AvgIpc) is 3.28. The summed E-state index contributed by atoms with van der Waals surface area (Å²) in [5, 5.41) is 0.753. The molecule has 0 saturated carbocycles. The monoisotopic (exact) mass is 521 g/mol. The van der Waals surface area contributed by atoms with Crippen molar-refractivity contribution in [3.8, 4) is 0 Å². The summed E-state index contributed by atoms with van der Waals surface area (Å²) in [5.74, 6) is -0.100. The number of fused-ring (bicyclic) bond motifs is 1. The molecule has 0 aliphatic carbocycles. The summed E-state index contributed by atoms with van der Waals surface area (Å²) in [6.45, 7) is 2.35. The molecule has 2 saturated heterocycles. The lowest BCUT2D eigenvalue weighted by Gasteiger charge is -2.36. The smallest absolute Gasteiger partial charge is 0.377 e. The quantitative estimate of drug-likeness (QED) is 0.498. The van der Waals surface area contributed by atoms with Crippen molar-refractivity contribution in [2.24, 2.45) is 11.7 Å². The molecular weight excluding hydrogens is 494 g/mol. The number of aromatic nitrogens is 4. The van der Waals surface area contributed by atoms with Gasteiger partial charge in [0, 0.05) is 37.9 Å². The van der Waals surface area contributed by atoms with E-state index in [0.29, 0.717) is 49.8 Å². The van der Waals surface area contributed by atoms with E-state index in [-0.39, 0.29) is 25.6 Å². The number of alkyl halides is 4. The molecule has 3 aromatic heterocycles. The van der Waals surface area contributed by atoms with Gasteiger partial charge in [0.2, 0.25) is 5.91 Å². The molecule has 13 heteroatoms. The number of nitrogens with two attached hydrogens (primary N) is 1. The van der Waals surface area contributed by atoms with Crippen LogP contribution in [0.2, 0.25) is 0 Å². The minimum absolute atomic E-state index is 0.0463. The first-order valence-corrected chi connectivity index (χ1v) is 12.0. The SMILES string of the molecule is NC(=O)CN1CCC(Cn2ccc3c(N4CCOCC4c4ccc(C(F)(F)F)cn4)ncnc32)C(F)C1. The highest BCUT2D eigenvalue weighted by Gasteiger charge is 2.34. The van der Waals surface area contributed by atoms with Crippen molar-refractivity contribution in [2.45, 2.75) is 31.4 Å². The van der Waals surface area contributed by atoms with Crippen LogP contribution in [0.25, 0.3) is 11.0 Å². The number of piperidine rings is 1. The molecular formula is C24H27F4N7O2. The Kier molecular flexibility index (Phi) is 6.99. The zero-order valence-corrected chi connectivity index (χ0v) is 19.9. The van der Waals surface area contributed by atoms with E-state index in [2.05, 4.69) is 15.0 Å². The molecule has 0 radical (unpaired) electrons. The summed E-state index contributed by atoms with van der Waals surface area (Å²) in [5.41, 5.74) is 5.51. The molecule has 3 atom stereocenters. The largest absolute Gasteiger partial charge is 0.417 e. The summed E-state index contributed by atoms with van der Waals surface area (Å²) < 4.78 is 61.4. The van der Waals surface area contributed by atoms with Crippen molar-refractivity contribution in [2.75, 3.05) is 44.3 Å². The highest BCUT2D eigenvalue weighted by atomic mass is 19.4. The van der Waals surface area contributed by atoms with Gasteiger partial charge in [-0.25, -0.2) is 14.4 Å². The lowest BCUT2D eigenvalue weighted by atomic mass is 9.94. The average molecular weight is 522 g/mol. The van der Waals surface area contributed by atoms with Crippen LogP contribution < -0.4 is 10.6 Å². The minimum atomic E-state index is -4.47. The minimum Gasteiger partial charge on any atom is -0.377 e. The molecule has 5 rings (SSSR count). The van der Waals surface area contributed by atoms with Gasteiger partial charge in [-0.15, -0.1) is 0 Å². The molecule has 9 nitrogen and oxygen atoms in total. The number of anilines is 1. The van der Waals surface area contributed by atoms with Gasteiger partial charge in [-0.1, -0.05) is 0 Å². The number of carbonyl (C=O) groups is 1. The zero-order chi connectivity index (χ0) is 26.2. The van der Waals surface area contributed by atoms with Crippen molar-refractivity contribution < 1.29 is 27.1 Å². The maximum atomic E-state index is 14.9. The third-order valence-electron chi connectivity index (χ3n) is 6.96. The van der Waals surface area contributed by atoms with Gasteiger partial charge in [-0.2, -0.15) is 13.2 Å². The number of ether oxygens (including phenoxy) is 1. The first kappa shape index (κ1) is 25.3. The normalized spacial score (nSPS) is 23.5. The fourth-order valence-corrected chi connectivity index (χ4v) is 5.08. The number of hydrogen-bond acceptors (Lipinski definition) is 7. The molecule has 0 spiro atoms. The van der Waals surface area contributed by atoms with Crippen LogP contribution in [0.5, 0.6) is 0 Å². The standard InChI is InChI=1S/C24H27F4N7O2/c25-18-11-33(12-21(29)36)5-3-15(18)10-34-6-4-17-22(34)31-14-32-23(17)35-7-8-37-13-20(35)19-2-1-16(9-30-19)24(26,27)28/h1-2,4,6,9,14-15,18,20H,3,5,7-8,10-13H2,(H2,29,36). The summed E-state index contributed by atoms with van der Waals surface area (Å²) in [6, 6.07) is 3.82. The maximum absolute atomic E-state index is 14.9. The highest BCUT2D eigenvalue weighted by molar-refractivity contribution is 5.88. The molecule has 2 fully saturated rings. The van der Waals surface area contributed by atoms with Crippen LogP contribution in [-0.2, 0) is 22.3 Å². The molecule has 198 valence electrons. The topological polar surface area (TPSA) is 102 Å². The molecule has 3 aromatic rings. The van der Waals surface area contributed by atoms with Gasteiger partial charge in [-0.05, 0) is 31.2 Å². The first-order chi connectivity index (χ1) is 17.7. The Morgan fingerprint density at radius 3 is 2.70 bits per heavy atom. The van der Waals surface area contributed by atoms with Crippen LogP contribution in [0.15, 0.2) is 36.9 Å². The molecule has 0 aromatic carbocycles. The Hall–Kier alpha value is -3.32. The van der Waals surface area contributed by atoms with E-state index < -0.39 is 29.9 Å². The number of nitrogens with zero attached hydrogens (tertiary/aromatic N) is 6. The predicted octanol–water partition coefficient (Wildman–Crippen LogP) is 2.57. The predicted molar refractivity (Wildman–Crippen MR) is 126 cm³/mol. The van der Waals surface area contributed by atoms with Crippen molar-refractivity contribution >= 4 is 22.8 Å². The lowest BCUT2D eigenvalue weighted by Crippen LogP contribution is -2.46.